The van der Waals surface area contributed by atoms with Crippen molar-refractivity contribution in [3.63, 3.8) is 0 Å². The standard InChI is InChI=1S/C26H29N3O/c27-24-18-20(19-28-26(30)23-14-8-3-9-15-23)16-17-29(24)25(21-10-4-1-5-11-21)22-12-6-2-7-13-22/h1-15,20,24-25H,16-19,27H2,(H,28,30). The lowest BCUT2D eigenvalue weighted by atomic mass is 9.89. The predicted molar refractivity (Wildman–Crippen MR) is 121 cm³/mol. The van der Waals surface area contributed by atoms with Crippen LogP contribution in [0.15, 0.2) is 91.0 Å². The summed E-state index contributed by atoms with van der Waals surface area (Å²) in [5.41, 5.74) is 9.90. The van der Waals surface area contributed by atoms with Crippen molar-refractivity contribution in [1.29, 1.82) is 0 Å². The second-order valence-electron chi connectivity index (χ2n) is 8.00. The molecule has 1 amide bonds. The Morgan fingerprint density at radius 1 is 0.900 bits per heavy atom. The van der Waals surface area contributed by atoms with Crippen molar-refractivity contribution in [2.24, 2.45) is 11.7 Å². The molecule has 1 aliphatic rings. The highest BCUT2D eigenvalue weighted by Crippen LogP contribution is 2.34. The van der Waals surface area contributed by atoms with Crippen LogP contribution in [0.3, 0.4) is 0 Å². The zero-order chi connectivity index (χ0) is 20.8. The molecule has 0 radical (unpaired) electrons. The monoisotopic (exact) mass is 399 g/mol. The molecule has 1 heterocycles. The number of amides is 1. The van der Waals surface area contributed by atoms with Gasteiger partial charge in [0.1, 0.15) is 0 Å². The maximum Gasteiger partial charge on any atom is 0.251 e. The van der Waals surface area contributed by atoms with Crippen LogP contribution in [0.1, 0.15) is 40.4 Å². The van der Waals surface area contributed by atoms with Crippen molar-refractivity contribution in [2.75, 3.05) is 13.1 Å². The number of hydrogen-bond donors (Lipinski definition) is 2. The molecular weight excluding hydrogens is 370 g/mol. The zero-order valence-corrected chi connectivity index (χ0v) is 17.2. The van der Waals surface area contributed by atoms with Gasteiger partial charge in [-0.1, -0.05) is 78.9 Å². The van der Waals surface area contributed by atoms with Gasteiger partial charge < -0.3 is 11.1 Å². The van der Waals surface area contributed by atoms with Crippen LogP contribution in [0, 0.1) is 5.92 Å². The summed E-state index contributed by atoms with van der Waals surface area (Å²) in [7, 11) is 0. The lowest BCUT2D eigenvalue weighted by molar-refractivity contribution is 0.0797. The van der Waals surface area contributed by atoms with Crippen LogP contribution in [0.2, 0.25) is 0 Å². The first-order valence-corrected chi connectivity index (χ1v) is 10.7. The van der Waals surface area contributed by atoms with Gasteiger partial charge in [-0.15, -0.1) is 0 Å². The normalized spacial score (nSPS) is 19.5. The van der Waals surface area contributed by atoms with Gasteiger partial charge in [-0.3, -0.25) is 9.69 Å². The molecule has 1 fully saturated rings. The maximum atomic E-state index is 12.4. The Kier molecular flexibility index (Phi) is 6.57. The number of benzene rings is 3. The van der Waals surface area contributed by atoms with Crippen molar-refractivity contribution in [1.82, 2.24) is 10.2 Å². The maximum absolute atomic E-state index is 12.4. The van der Waals surface area contributed by atoms with Crippen LogP contribution >= 0.6 is 0 Å². The third-order valence-electron chi connectivity index (χ3n) is 5.95. The Hall–Kier alpha value is -2.95. The summed E-state index contributed by atoms with van der Waals surface area (Å²) < 4.78 is 0. The van der Waals surface area contributed by atoms with Gasteiger partial charge in [0, 0.05) is 18.7 Å². The highest BCUT2D eigenvalue weighted by atomic mass is 16.1. The molecule has 0 bridgehead atoms. The number of piperidine rings is 1. The molecule has 3 aromatic carbocycles. The number of nitrogens with two attached hydrogens (primary N) is 1. The average molecular weight is 400 g/mol. The molecule has 3 N–H and O–H groups in total. The fourth-order valence-corrected chi connectivity index (χ4v) is 4.37. The molecular formula is C26H29N3O. The Bertz CT molecular complexity index is 891. The fourth-order valence-electron chi connectivity index (χ4n) is 4.37. The number of rotatable bonds is 6. The zero-order valence-electron chi connectivity index (χ0n) is 17.2. The van der Waals surface area contributed by atoms with E-state index < -0.39 is 0 Å². The van der Waals surface area contributed by atoms with E-state index in [0.717, 1.165) is 19.4 Å². The summed E-state index contributed by atoms with van der Waals surface area (Å²) in [5, 5.41) is 3.08. The number of carbonyl (C=O) groups is 1. The Labute approximate surface area is 178 Å². The first-order valence-electron chi connectivity index (χ1n) is 10.7. The minimum absolute atomic E-state index is 0.0157. The molecule has 4 heteroatoms. The lowest BCUT2D eigenvalue weighted by Gasteiger charge is -2.42. The Morgan fingerprint density at radius 2 is 1.43 bits per heavy atom. The van der Waals surface area contributed by atoms with Gasteiger partial charge in [-0.2, -0.15) is 0 Å². The molecule has 3 aromatic rings. The van der Waals surface area contributed by atoms with Crippen molar-refractivity contribution in [3.05, 3.63) is 108 Å². The molecule has 0 spiro atoms. The van der Waals surface area contributed by atoms with E-state index in [2.05, 4.69) is 58.7 Å². The number of nitrogens with zero attached hydrogens (tertiary/aromatic N) is 1. The van der Waals surface area contributed by atoms with Gasteiger partial charge in [0.05, 0.1) is 12.2 Å². The van der Waals surface area contributed by atoms with E-state index in [9.17, 15) is 4.79 Å². The van der Waals surface area contributed by atoms with Crippen molar-refractivity contribution in [3.8, 4) is 0 Å². The van der Waals surface area contributed by atoms with Crippen LogP contribution < -0.4 is 11.1 Å². The summed E-state index contributed by atoms with van der Waals surface area (Å²) in [5.74, 6) is 0.370. The molecule has 0 aromatic heterocycles. The molecule has 154 valence electrons. The number of likely N-dealkylation sites (tertiary alicyclic amines) is 1. The van der Waals surface area contributed by atoms with E-state index >= 15 is 0 Å². The molecule has 4 rings (SSSR count). The van der Waals surface area contributed by atoms with Gasteiger partial charge in [0.15, 0.2) is 0 Å². The van der Waals surface area contributed by atoms with Gasteiger partial charge >= 0.3 is 0 Å². The quantitative estimate of drug-likeness (QED) is 0.653. The van der Waals surface area contributed by atoms with Gasteiger partial charge in [-0.05, 0) is 42.0 Å². The van der Waals surface area contributed by atoms with E-state index in [1.54, 1.807) is 0 Å². The Morgan fingerprint density at radius 3 is 1.97 bits per heavy atom. The van der Waals surface area contributed by atoms with E-state index in [4.69, 9.17) is 5.73 Å². The highest BCUT2D eigenvalue weighted by molar-refractivity contribution is 5.94. The third kappa shape index (κ3) is 4.78. The second-order valence-corrected chi connectivity index (χ2v) is 8.00. The highest BCUT2D eigenvalue weighted by Gasteiger charge is 2.32. The van der Waals surface area contributed by atoms with E-state index in [1.165, 1.54) is 11.1 Å². The first-order chi connectivity index (χ1) is 14.7. The van der Waals surface area contributed by atoms with E-state index in [0.29, 0.717) is 18.0 Å². The van der Waals surface area contributed by atoms with Crippen LogP contribution in [-0.4, -0.2) is 30.1 Å². The minimum atomic E-state index is -0.0530. The molecule has 1 aliphatic heterocycles. The second kappa shape index (κ2) is 9.70. The van der Waals surface area contributed by atoms with Crippen LogP contribution in [0.25, 0.3) is 0 Å². The van der Waals surface area contributed by atoms with E-state index in [-0.39, 0.29) is 18.1 Å². The summed E-state index contributed by atoms with van der Waals surface area (Å²) >= 11 is 0. The van der Waals surface area contributed by atoms with Crippen molar-refractivity contribution in [2.45, 2.75) is 25.0 Å². The largest absolute Gasteiger partial charge is 0.352 e. The predicted octanol–water partition coefficient (Wildman–Crippen LogP) is 4.20. The summed E-state index contributed by atoms with van der Waals surface area (Å²) in [6.45, 7) is 1.57. The smallest absolute Gasteiger partial charge is 0.251 e. The van der Waals surface area contributed by atoms with Crippen LogP contribution in [-0.2, 0) is 0 Å². The molecule has 30 heavy (non-hydrogen) atoms. The number of carbonyl (C=O) groups excluding carboxylic acids is 1. The number of nitrogens with one attached hydrogen (secondary N) is 1. The third-order valence-corrected chi connectivity index (χ3v) is 5.95. The topological polar surface area (TPSA) is 58.4 Å². The molecule has 0 saturated carbocycles. The van der Waals surface area contributed by atoms with Crippen molar-refractivity contribution < 1.29 is 4.79 Å². The van der Waals surface area contributed by atoms with Crippen molar-refractivity contribution >= 4 is 5.91 Å². The SMILES string of the molecule is NC1CC(CNC(=O)c2ccccc2)CCN1C(c1ccccc1)c1ccccc1. The van der Waals surface area contributed by atoms with Gasteiger partial charge in [-0.25, -0.2) is 0 Å². The molecule has 2 unspecified atom stereocenters. The Balaban J connectivity index is 1.43. The van der Waals surface area contributed by atoms with Gasteiger partial charge in [0.25, 0.3) is 5.91 Å². The first kappa shape index (κ1) is 20.3. The molecule has 1 saturated heterocycles. The minimum Gasteiger partial charge on any atom is -0.352 e. The fraction of sp³-hybridized carbons (Fsp3) is 0.269. The number of hydrogen-bond acceptors (Lipinski definition) is 3. The van der Waals surface area contributed by atoms with Gasteiger partial charge in [0.2, 0.25) is 0 Å². The average Bonchev–Trinajstić information content (AvgIpc) is 2.81. The van der Waals surface area contributed by atoms with E-state index in [1.807, 2.05) is 42.5 Å². The molecule has 0 aliphatic carbocycles. The molecule has 2 atom stereocenters. The summed E-state index contributed by atoms with van der Waals surface area (Å²) in [4.78, 5) is 14.8. The van der Waals surface area contributed by atoms with Crippen LogP contribution in [0.5, 0.6) is 0 Å². The lowest BCUT2D eigenvalue weighted by Crippen LogP contribution is -2.51. The summed E-state index contributed by atoms with van der Waals surface area (Å²) in [6.07, 6.45) is 1.83. The molecule has 4 nitrogen and oxygen atoms in total. The van der Waals surface area contributed by atoms with Crippen LogP contribution in [0.4, 0.5) is 0 Å². The summed E-state index contributed by atoms with van der Waals surface area (Å²) in [6, 6.07) is 30.7.